The molecule has 6 heteroatoms. The maximum atomic E-state index is 11.3. The third-order valence-corrected chi connectivity index (χ3v) is 6.78. The standard InChI is InChI=1S/C26H22N2O2S.ClH/c27-11-10-21-16-28(15-17-4-3-6-20(12-17)26(29)30)23-9-8-19(13-22(21)23)25-14-18-5-1-2-7-24(18)31-25;/h1-9,12-14,16H,10-11,15,27H2,(H,29,30);1H. The summed E-state index contributed by atoms with van der Waals surface area (Å²) in [7, 11) is 0. The van der Waals surface area contributed by atoms with Crippen LogP contribution in [-0.2, 0) is 13.0 Å². The van der Waals surface area contributed by atoms with Gasteiger partial charge in [-0.1, -0.05) is 36.4 Å². The third-order valence-electron chi connectivity index (χ3n) is 5.61. The first-order valence-corrected chi connectivity index (χ1v) is 11.1. The molecule has 0 radical (unpaired) electrons. The highest BCUT2D eigenvalue weighted by Crippen LogP contribution is 2.36. The van der Waals surface area contributed by atoms with Gasteiger partial charge in [-0.05, 0) is 71.4 Å². The number of aromatic nitrogens is 1. The molecule has 4 nitrogen and oxygen atoms in total. The quantitative estimate of drug-likeness (QED) is 0.316. The minimum Gasteiger partial charge on any atom is -0.478 e. The molecular weight excluding hydrogens is 440 g/mol. The van der Waals surface area contributed by atoms with E-state index in [4.69, 9.17) is 5.73 Å². The Morgan fingerprint density at radius 1 is 1.00 bits per heavy atom. The van der Waals surface area contributed by atoms with E-state index >= 15 is 0 Å². The second-order valence-electron chi connectivity index (χ2n) is 7.71. The molecule has 162 valence electrons. The lowest BCUT2D eigenvalue weighted by Crippen LogP contribution is -2.03. The number of hydrogen-bond donors (Lipinski definition) is 2. The van der Waals surface area contributed by atoms with Crippen LogP contribution in [-0.4, -0.2) is 22.2 Å². The molecule has 3 aromatic carbocycles. The van der Waals surface area contributed by atoms with E-state index in [0.29, 0.717) is 18.7 Å². The Morgan fingerprint density at radius 3 is 2.62 bits per heavy atom. The van der Waals surface area contributed by atoms with Crippen molar-refractivity contribution in [3.8, 4) is 10.4 Å². The average molecular weight is 463 g/mol. The monoisotopic (exact) mass is 462 g/mol. The van der Waals surface area contributed by atoms with Crippen molar-refractivity contribution in [2.45, 2.75) is 13.0 Å². The van der Waals surface area contributed by atoms with Crippen LogP contribution in [0.4, 0.5) is 0 Å². The number of benzene rings is 3. The van der Waals surface area contributed by atoms with E-state index in [9.17, 15) is 9.90 Å². The largest absolute Gasteiger partial charge is 0.478 e. The van der Waals surface area contributed by atoms with Crippen molar-refractivity contribution < 1.29 is 9.90 Å². The van der Waals surface area contributed by atoms with Crippen LogP contribution >= 0.6 is 23.7 Å². The molecule has 0 fully saturated rings. The third kappa shape index (κ3) is 4.15. The van der Waals surface area contributed by atoms with E-state index in [1.54, 1.807) is 29.5 Å². The Kier molecular flexibility index (Phi) is 6.33. The van der Waals surface area contributed by atoms with Gasteiger partial charge < -0.3 is 15.4 Å². The Hall–Kier alpha value is -3.12. The predicted molar refractivity (Wildman–Crippen MR) is 135 cm³/mol. The van der Waals surface area contributed by atoms with Crippen molar-refractivity contribution in [1.29, 1.82) is 0 Å². The van der Waals surface area contributed by atoms with Gasteiger partial charge in [-0.25, -0.2) is 4.79 Å². The first-order chi connectivity index (χ1) is 15.1. The Balaban J connectivity index is 0.00000245. The molecule has 32 heavy (non-hydrogen) atoms. The van der Waals surface area contributed by atoms with Crippen molar-refractivity contribution in [2.24, 2.45) is 5.73 Å². The molecule has 0 atom stereocenters. The van der Waals surface area contributed by atoms with Crippen LogP contribution in [0.15, 0.2) is 79.0 Å². The van der Waals surface area contributed by atoms with E-state index < -0.39 is 5.97 Å². The lowest BCUT2D eigenvalue weighted by atomic mass is 10.1. The first-order valence-electron chi connectivity index (χ1n) is 10.3. The minimum atomic E-state index is -0.906. The fourth-order valence-electron chi connectivity index (χ4n) is 4.13. The molecule has 0 saturated heterocycles. The molecule has 0 amide bonds. The van der Waals surface area contributed by atoms with Gasteiger partial charge in [0, 0.05) is 33.2 Å². The summed E-state index contributed by atoms with van der Waals surface area (Å²) < 4.78 is 3.48. The summed E-state index contributed by atoms with van der Waals surface area (Å²) in [5, 5.41) is 11.8. The normalized spacial score (nSPS) is 11.0. The molecule has 0 saturated carbocycles. The summed E-state index contributed by atoms with van der Waals surface area (Å²) >= 11 is 1.80. The Labute approximate surface area is 196 Å². The maximum Gasteiger partial charge on any atom is 0.335 e. The molecule has 0 aliphatic carbocycles. The summed E-state index contributed by atoms with van der Waals surface area (Å²) in [6, 6.07) is 24.4. The van der Waals surface area contributed by atoms with E-state index in [0.717, 1.165) is 17.5 Å². The zero-order valence-electron chi connectivity index (χ0n) is 17.3. The number of fused-ring (bicyclic) bond motifs is 2. The molecule has 0 aliphatic heterocycles. The SMILES string of the molecule is Cl.NCCc1cn(Cc2cccc(C(=O)O)c2)c2ccc(-c3cc4ccccc4s3)cc12. The fraction of sp³-hybridized carbons (Fsp3) is 0.115. The lowest BCUT2D eigenvalue weighted by molar-refractivity contribution is 0.0696. The number of thiophene rings is 1. The number of carboxylic acids is 1. The molecule has 0 unspecified atom stereocenters. The highest BCUT2D eigenvalue weighted by molar-refractivity contribution is 7.22. The highest BCUT2D eigenvalue weighted by Gasteiger charge is 2.12. The number of carbonyl (C=O) groups is 1. The molecule has 3 N–H and O–H groups in total. The number of nitrogens with zero attached hydrogens (tertiary/aromatic N) is 1. The number of hydrogen-bond acceptors (Lipinski definition) is 3. The first kappa shape index (κ1) is 22.1. The molecule has 0 spiro atoms. The van der Waals surface area contributed by atoms with Gasteiger partial charge in [-0.2, -0.15) is 0 Å². The Bertz CT molecular complexity index is 1390. The summed E-state index contributed by atoms with van der Waals surface area (Å²) in [4.78, 5) is 12.6. The van der Waals surface area contributed by atoms with Crippen LogP contribution < -0.4 is 5.73 Å². The second-order valence-corrected chi connectivity index (χ2v) is 8.79. The van der Waals surface area contributed by atoms with E-state index in [2.05, 4.69) is 59.3 Å². The molecule has 2 heterocycles. The van der Waals surface area contributed by atoms with Crippen LogP contribution in [0.1, 0.15) is 21.5 Å². The summed E-state index contributed by atoms with van der Waals surface area (Å²) in [5.41, 5.74) is 10.7. The highest BCUT2D eigenvalue weighted by atomic mass is 35.5. The van der Waals surface area contributed by atoms with Crippen LogP contribution in [0.25, 0.3) is 31.4 Å². The average Bonchev–Trinajstić information content (AvgIpc) is 3.36. The molecule has 0 aliphatic rings. The van der Waals surface area contributed by atoms with Gasteiger partial charge in [-0.3, -0.25) is 0 Å². The van der Waals surface area contributed by atoms with Crippen LogP contribution in [0, 0.1) is 0 Å². The van der Waals surface area contributed by atoms with Gasteiger partial charge in [0.2, 0.25) is 0 Å². The second kappa shape index (κ2) is 9.17. The zero-order valence-corrected chi connectivity index (χ0v) is 19.0. The van der Waals surface area contributed by atoms with Crippen LogP contribution in [0.5, 0.6) is 0 Å². The maximum absolute atomic E-state index is 11.3. The van der Waals surface area contributed by atoms with Gasteiger partial charge in [0.15, 0.2) is 0 Å². The van der Waals surface area contributed by atoms with Crippen LogP contribution in [0.2, 0.25) is 0 Å². The molecule has 5 aromatic rings. The smallest absolute Gasteiger partial charge is 0.335 e. The van der Waals surface area contributed by atoms with Gasteiger partial charge in [-0.15, -0.1) is 23.7 Å². The van der Waals surface area contributed by atoms with Crippen molar-refractivity contribution >= 4 is 50.7 Å². The summed E-state index contributed by atoms with van der Waals surface area (Å²) in [6.45, 7) is 1.20. The van der Waals surface area contributed by atoms with E-state index in [1.165, 1.54) is 31.5 Å². The van der Waals surface area contributed by atoms with Crippen LogP contribution in [0.3, 0.4) is 0 Å². The summed E-state index contributed by atoms with van der Waals surface area (Å²) in [6.07, 6.45) is 2.95. The van der Waals surface area contributed by atoms with Gasteiger partial charge in [0.1, 0.15) is 0 Å². The van der Waals surface area contributed by atoms with Crippen molar-refractivity contribution in [3.05, 3.63) is 95.7 Å². The molecule has 5 rings (SSSR count). The Morgan fingerprint density at radius 2 is 1.84 bits per heavy atom. The number of carboxylic acid groups (broad SMARTS) is 1. The number of halogens is 1. The fourth-order valence-corrected chi connectivity index (χ4v) is 5.19. The van der Waals surface area contributed by atoms with E-state index in [-0.39, 0.29) is 12.4 Å². The topological polar surface area (TPSA) is 68.2 Å². The van der Waals surface area contributed by atoms with Crippen molar-refractivity contribution in [3.63, 3.8) is 0 Å². The van der Waals surface area contributed by atoms with Crippen molar-refractivity contribution in [2.75, 3.05) is 6.54 Å². The van der Waals surface area contributed by atoms with E-state index in [1.807, 2.05) is 6.07 Å². The zero-order chi connectivity index (χ0) is 21.4. The van der Waals surface area contributed by atoms with Gasteiger partial charge in [0.05, 0.1) is 5.56 Å². The molecule has 2 aromatic heterocycles. The number of nitrogens with two attached hydrogens (primary N) is 1. The number of aromatic carboxylic acids is 1. The molecular formula is C26H23ClN2O2S. The summed E-state index contributed by atoms with van der Waals surface area (Å²) in [5.74, 6) is -0.906. The van der Waals surface area contributed by atoms with Crippen molar-refractivity contribution in [1.82, 2.24) is 4.57 Å². The molecule has 0 bridgehead atoms. The predicted octanol–water partition coefficient (Wildman–Crippen LogP) is 6.19. The van der Waals surface area contributed by atoms with Gasteiger partial charge in [0.25, 0.3) is 0 Å². The van der Waals surface area contributed by atoms with Gasteiger partial charge >= 0.3 is 5.97 Å². The lowest BCUT2D eigenvalue weighted by Gasteiger charge is -2.07. The number of rotatable bonds is 6. The minimum absolute atomic E-state index is 0.